The Morgan fingerprint density at radius 1 is 1.04 bits per heavy atom. The van der Waals surface area contributed by atoms with Gasteiger partial charge in [-0.25, -0.2) is 0 Å². The molecule has 0 aromatic heterocycles. The largest absolute Gasteiger partial charge is 0.493 e. The number of benzene rings is 1. The molecule has 0 radical (unpaired) electrons. The number of ether oxygens (including phenoxy) is 2. The van der Waals surface area contributed by atoms with Gasteiger partial charge < -0.3 is 20.1 Å². The number of halogens is 4. The third-order valence-electron chi connectivity index (χ3n) is 3.56. The zero-order chi connectivity index (χ0) is 18.7. The van der Waals surface area contributed by atoms with Gasteiger partial charge in [-0.15, -0.1) is 24.0 Å². The second-order valence-corrected chi connectivity index (χ2v) is 5.44. The Morgan fingerprint density at radius 2 is 1.69 bits per heavy atom. The van der Waals surface area contributed by atoms with Crippen LogP contribution in [0.5, 0.6) is 11.5 Å². The molecule has 2 N–H and O–H groups in total. The number of alkyl halides is 3. The molecule has 0 atom stereocenters. The zero-order valence-corrected chi connectivity index (χ0v) is 17.6. The lowest BCUT2D eigenvalue weighted by molar-refractivity contribution is -0.135. The Labute approximate surface area is 169 Å². The molecule has 9 heteroatoms. The van der Waals surface area contributed by atoms with Crippen LogP contribution >= 0.6 is 24.0 Å². The zero-order valence-electron chi connectivity index (χ0n) is 15.3. The molecule has 0 aliphatic rings. The van der Waals surface area contributed by atoms with Crippen LogP contribution in [0.3, 0.4) is 0 Å². The predicted molar refractivity (Wildman–Crippen MR) is 108 cm³/mol. The first-order chi connectivity index (χ1) is 11.9. The molecule has 0 bridgehead atoms. The van der Waals surface area contributed by atoms with Crippen LogP contribution in [-0.4, -0.2) is 46.5 Å². The quantitative estimate of drug-likeness (QED) is 0.240. The summed E-state index contributed by atoms with van der Waals surface area (Å²) in [5, 5.41) is 6.15. The average Bonchev–Trinajstić information content (AvgIpc) is 2.58. The van der Waals surface area contributed by atoms with Crippen LogP contribution in [0.15, 0.2) is 23.2 Å². The number of aliphatic imine (C=N–C) groups is 1. The fourth-order valence-electron chi connectivity index (χ4n) is 2.24. The molecule has 0 fully saturated rings. The maximum absolute atomic E-state index is 12.1. The summed E-state index contributed by atoms with van der Waals surface area (Å²) in [6.07, 6.45) is -3.54. The third-order valence-corrected chi connectivity index (χ3v) is 3.56. The Bertz CT molecular complexity index is 555. The second-order valence-electron chi connectivity index (χ2n) is 5.44. The average molecular weight is 489 g/mol. The minimum Gasteiger partial charge on any atom is -0.493 e. The van der Waals surface area contributed by atoms with E-state index in [0.29, 0.717) is 37.0 Å². The molecule has 1 aromatic carbocycles. The Morgan fingerprint density at radius 3 is 2.27 bits per heavy atom. The smallest absolute Gasteiger partial charge is 0.389 e. The van der Waals surface area contributed by atoms with Crippen molar-refractivity contribution >= 4 is 29.9 Å². The normalized spacial score (nSPS) is 11.5. The van der Waals surface area contributed by atoms with Gasteiger partial charge in [0.15, 0.2) is 17.5 Å². The van der Waals surface area contributed by atoms with E-state index >= 15 is 0 Å². The Balaban J connectivity index is 0.00000625. The van der Waals surface area contributed by atoms with Gasteiger partial charge in [-0.2, -0.15) is 13.2 Å². The third kappa shape index (κ3) is 9.93. The van der Waals surface area contributed by atoms with Crippen molar-refractivity contribution in [3.8, 4) is 11.5 Å². The SMILES string of the molecule is CN=C(NCCCCC(F)(F)F)NCCc1ccc(OC)c(OC)c1.I. The molecule has 0 unspecified atom stereocenters. The molecule has 0 amide bonds. The van der Waals surface area contributed by atoms with Gasteiger partial charge >= 0.3 is 6.18 Å². The van der Waals surface area contributed by atoms with Gasteiger partial charge in [-0.05, 0) is 37.0 Å². The van der Waals surface area contributed by atoms with Gasteiger partial charge in [0.1, 0.15) is 0 Å². The summed E-state index contributed by atoms with van der Waals surface area (Å²) >= 11 is 0. The maximum atomic E-state index is 12.1. The molecule has 0 spiro atoms. The molecule has 5 nitrogen and oxygen atoms in total. The van der Waals surface area contributed by atoms with Crippen molar-refractivity contribution in [3.05, 3.63) is 23.8 Å². The standard InChI is InChI=1S/C17H26F3N3O2.HI/c1-21-16(22-10-5-4-9-17(18,19)20)23-11-8-13-6-7-14(24-2)15(12-13)25-3;/h6-7,12H,4-5,8-11H2,1-3H3,(H2,21,22,23);1H. The number of hydrogen-bond acceptors (Lipinski definition) is 3. The van der Waals surface area contributed by atoms with Gasteiger partial charge in [-0.1, -0.05) is 6.07 Å². The predicted octanol–water partition coefficient (Wildman–Crippen LogP) is 3.76. The molecular formula is C17H27F3IN3O2. The summed E-state index contributed by atoms with van der Waals surface area (Å²) < 4.78 is 46.7. The first-order valence-electron chi connectivity index (χ1n) is 8.11. The van der Waals surface area contributed by atoms with Gasteiger partial charge in [0, 0.05) is 26.6 Å². The van der Waals surface area contributed by atoms with E-state index in [0.717, 1.165) is 12.0 Å². The van der Waals surface area contributed by atoms with Crippen molar-refractivity contribution in [2.75, 3.05) is 34.4 Å². The van der Waals surface area contributed by atoms with Crippen molar-refractivity contribution in [3.63, 3.8) is 0 Å². The van der Waals surface area contributed by atoms with Crippen LogP contribution < -0.4 is 20.1 Å². The van der Waals surface area contributed by atoms with Crippen LogP contribution in [0.25, 0.3) is 0 Å². The molecule has 0 saturated carbocycles. The number of guanidine groups is 1. The van der Waals surface area contributed by atoms with Gasteiger partial charge in [0.05, 0.1) is 14.2 Å². The fraction of sp³-hybridized carbons (Fsp3) is 0.588. The van der Waals surface area contributed by atoms with Crippen molar-refractivity contribution < 1.29 is 22.6 Å². The Hall–Kier alpha value is -1.39. The number of unbranched alkanes of at least 4 members (excludes halogenated alkanes) is 1. The minimum atomic E-state index is -4.08. The summed E-state index contributed by atoms with van der Waals surface area (Å²) in [4.78, 5) is 4.05. The van der Waals surface area contributed by atoms with Crippen LogP contribution in [0, 0.1) is 0 Å². The van der Waals surface area contributed by atoms with E-state index < -0.39 is 12.6 Å². The monoisotopic (exact) mass is 489 g/mol. The van der Waals surface area contributed by atoms with Crippen molar-refractivity contribution in [2.24, 2.45) is 4.99 Å². The van der Waals surface area contributed by atoms with Gasteiger partial charge in [-0.3, -0.25) is 4.99 Å². The first kappa shape index (κ1) is 24.6. The highest BCUT2D eigenvalue weighted by Crippen LogP contribution is 2.27. The van der Waals surface area contributed by atoms with E-state index in [1.54, 1.807) is 21.3 Å². The summed E-state index contributed by atoms with van der Waals surface area (Å²) in [6.45, 7) is 1.09. The van der Waals surface area contributed by atoms with Gasteiger partial charge in [0.25, 0.3) is 0 Å². The van der Waals surface area contributed by atoms with E-state index in [4.69, 9.17) is 9.47 Å². The van der Waals surface area contributed by atoms with E-state index in [1.165, 1.54) is 0 Å². The lowest BCUT2D eigenvalue weighted by Crippen LogP contribution is -2.38. The molecule has 26 heavy (non-hydrogen) atoms. The highest BCUT2D eigenvalue weighted by Gasteiger charge is 2.25. The number of nitrogens with zero attached hydrogens (tertiary/aromatic N) is 1. The summed E-state index contributed by atoms with van der Waals surface area (Å²) in [7, 11) is 4.80. The van der Waals surface area contributed by atoms with E-state index in [2.05, 4.69) is 15.6 Å². The lowest BCUT2D eigenvalue weighted by Gasteiger charge is -2.13. The van der Waals surface area contributed by atoms with E-state index in [-0.39, 0.29) is 30.4 Å². The second kappa shape index (κ2) is 12.9. The number of methoxy groups -OCH3 is 2. The Kier molecular flexibility index (Phi) is 12.2. The lowest BCUT2D eigenvalue weighted by atomic mass is 10.1. The molecule has 0 aliphatic heterocycles. The topological polar surface area (TPSA) is 54.9 Å². The molecular weight excluding hydrogens is 462 g/mol. The van der Waals surface area contributed by atoms with Crippen molar-refractivity contribution in [2.45, 2.75) is 31.9 Å². The number of hydrogen-bond donors (Lipinski definition) is 2. The molecule has 1 rings (SSSR count). The molecule has 150 valence electrons. The van der Waals surface area contributed by atoms with E-state index in [9.17, 15) is 13.2 Å². The van der Waals surface area contributed by atoms with Crippen molar-refractivity contribution in [1.82, 2.24) is 10.6 Å². The first-order valence-corrected chi connectivity index (χ1v) is 8.11. The van der Waals surface area contributed by atoms with Crippen LogP contribution in [0.4, 0.5) is 13.2 Å². The van der Waals surface area contributed by atoms with Gasteiger partial charge in [0.2, 0.25) is 0 Å². The summed E-state index contributed by atoms with van der Waals surface area (Å²) in [5.41, 5.74) is 1.07. The molecule has 0 heterocycles. The van der Waals surface area contributed by atoms with Crippen LogP contribution in [-0.2, 0) is 6.42 Å². The van der Waals surface area contributed by atoms with Crippen molar-refractivity contribution in [1.29, 1.82) is 0 Å². The highest BCUT2D eigenvalue weighted by molar-refractivity contribution is 14.0. The summed E-state index contributed by atoms with van der Waals surface area (Å²) in [6, 6.07) is 5.71. The number of rotatable bonds is 9. The maximum Gasteiger partial charge on any atom is 0.389 e. The molecule has 1 aromatic rings. The fourth-order valence-corrected chi connectivity index (χ4v) is 2.24. The van der Waals surface area contributed by atoms with E-state index in [1.807, 2.05) is 18.2 Å². The highest BCUT2D eigenvalue weighted by atomic mass is 127. The van der Waals surface area contributed by atoms with Crippen LogP contribution in [0.2, 0.25) is 0 Å². The minimum absolute atomic E-state index is 0. The summed E-state index contributed by atoms with van der Waals surface area (Å²) in [5.74, 6) is 1.93. The molecule has 0 aliphatic carbocycles. The van der Waals surface area contributed by atoms with Crippen LogP contribution in [0.1, 0.15) is 24.8 Å². The number of nitrogens with one attached hydrogen (secondary N) is 2. The molecule has 0 saturated heterocycles.